The smallest absolute Gasteiger partial charge is 0.272 e. The number of hydrogen-bond donors (Lipinski definition) is 5. The lowest BCUT2D eigenvalue weighted by atomic mass is 9.99. The lowest BCUT2D eigenvalue weighted by molar-refractivity contribution is 0.0969. The lowest BCUT2D eigenvalue weighted by Gasteiger charge is -2.30. The zero-order valence-electron chi connectivity index (χ0n) is 6.79. The molecule has 0 saturated heterocycles. The first-order valence-corrected chi connectivity index (χ1v) is 4.90. The van der Waals surface area contributed by atoms with Crippen LogP contribution in [-0.2, 0) is 10.1 Å². The molecule has 7 nitrogen and oxygen atoms in total. The number of aliphatic hydroxyl groups is 3. The highest BCUT2D eigenvalue weighted by Gasteiger charge is 2.41. The van der Waals surface area contributed by atoms with Gasteiger partial charge in [-0.25, -0.2) is 0 Å². The van der Waals surface area contributed by atoms with Crippen molar-refractivity contribution in [1.29, 1.82) is 0 Å². The highest BCUT2D eigenvalue weighted by molar-refractivity contribution is 7.86. The van der Waals surface area contributed by atoms with E-state index in [1.165, 1.54) is 0 Å². The molecule has 0 aromatic carbocycles. The van der Waals surface area contributed by atoms with Crippen LogP contribution >= 0.6 is 0 Å². The summed E-state index contributed by atoms with van der Waals surface area (Å²) in [4.78, 5) is 0. The van der Waals surface area contributed by atoms with Gasteiger partial charge in [0.1, 0.15) is 5.25 Å². The summed E-state index contributed by atoms with van der Waals surface area (Å²) >= 11 is 0. The van der Waals surface area contributed by atoms with Crippen LogP contribution in [0.3, 0.4) is 0 Å². The van der Waals surface area contributed by atoms with Crippen molar-refractivity contribution in [3.63, 3.8) is 0 Å². The Kier molecular flexibility index (Phi) is 4.23. The Hall–Kier alpha value is -0.250. The molecule has 13 heavy (non-hydrogen) atoms. The van der Waals surface area contributed by atoms with Gasteiger partial charge in [0, 0.05) is 0 Å². The molecule has 1 unspecified atom stereocenters. The third-order valence-corrected chi connectivity index (χ3v) is 3.09. The Balaban J connectivity index is 4.96. The fourth-order valence-electron chi connectivity index (χ4n) is 0.826. The van der Waals surface area contributed by atoms with Gasteiger partial charge in [-0.1, -0.05) is 0 Å². The van der Waals surface area contributed by atoms with Crippen LogP contribution in [0.2, 0.25) is 0 Å². The van der Waals surface area contributed by atoms with Gasteiger partial charge in [0.2, 0.25) is 0 Å². The molecule has 0 spiro atoms. The van der Waals surface area contributed by atoms with Crippen molar-refractivity contribution in [2.75, 3.05) is 19.8 Å². The Bertz CT molecular complexity index is 246. The van der Waals surface area contributed by atoms with Crippen molar-refractivity contribution < 1.29 is 28.3 Å². The molecule has 0 aliphatic rings. The molecule has 0 aromatic rings. The minimum atomic E-state index is -4.59. The van der Waals surface area contributed by atoms with Crippen LogP contribution in [0.15, 0.2) is 0 Å². The second-order valence-electron chi connectivity index (χ2n) is 2.74. The van der Waals surface area contributed by atoms with E-state index >= 15 is 0 Å². The van der Waals surface area contributed by atoms with Crippen molar-refractivity contribution in [1.82, 2.24) is 0 Å². The minimum Gasteiger partial charge on any atom is -0.395 e. The highest BCUT2D eigenvalue weighted by Crippen LogP contribution is 2.13. The molecule has 0 amide bonds. The standard InChI is InChI=1S/C5H13NO6S/c6-5(2-8,3-9)4(1-7)13(10,11)12/h4,7-9H,1-3,6H2,(H,10,11,12). The highest BCUT2D eigenvalue weighted by atomic mass is 32.2. The first kappa shape index (κ1) is 12.8. The maximum Gasteiger partial charge on any atom is 0.272 e. The van der Waals surface area contributed by atoms with Crippen molar-refractivity contribution >= 4 is 10.1 Å². The lowest BCUT2D eigenvalue weighted by Crippen LogP contribution is -2.61. The van der Waals surface area contributed by atoms with Crippen molar-refractivity contribution in [2.45, 2.75) is 10.8 Å². The zero-order valence-corrected chi connectivity index (χ0v) is 7.61. The second-order valence-corrected chi connectivity index (χ2v) is 4.33. The van der Waals surface area contributed by atoms with Gasteiger partial charge in [-0.05, 0) is 0 Å². The summed E-state index contributed by atoms with van der Waals surface area (Å²) in [5.41, 5.74) is 3.30. The van der Waals surface area contributed by atoms with Crippen LogP contribution in [0, 0.1) is 0 Å². The van der Waals surface area contributed by atoms with E-state index in [9.17, 15) is 8.42 Å². The first-order chi connectivity index (χ1) is 5.81. The third-order valence-electron chi connectivity index (χ3n) is 1.76. The fraction of sp³-hybridized carbons (Fsp3) is 1.00. The Morgan fingerprint density at radius 3 is 1.69 bits per heavy atom. The summed E-state index contributed by atoms with van der Waals surface area (Å²) in [5.74, 6) is 0. The van der Waals surface area contributed by atoms with Crippen LogP contribution < -0.4 is 5.73 Å². The molecule has 0 aliphatic carbocycles. The van der Waals surface area contributed by atoms with Gasteiger partial charge in [0.15, 0.2) is 0 Å². The number of hydrogen-bond acceptors (Lipinski definition) is 6. The van der Waals surface area contributed by atoms with Gasteiger partial charge in [-0.3, -0.25) is 4.55 Å². The van der Waals surface area contributed by atoms with Gasteiger partial charge >= 0.3 is 0 Å². The molecular weight excluding hydrogens is 202 g/mol. The van der Waals surface area contributed by atoms with Crippen LogP contribution in [-0.4, -0.2) is 58.9 Å². The van der Waals surface area contributed by atoms with E-state index in [1.807, 2.05) is 0 Å². The van der Waals surface area contributed by atoms with E-state index in [4.69, 9.17) is 25.6 Å². The predicted octanol–water partition coefficient (Wildman–Crippen LogP) is -3.08. The normalized spacial score (nSPS) is 15.8. The van der Waals surface area contributed by atoms with E-state index in [1.54, 1.807) is 0 Å². The second kappa shape index (κ2) is 4.31. The predicted molar refractivity (Wildman–Crippen MR) is 43.5 cm³/mol. The maximum atomic E-state index is 10.6. The number of rotatable bonds is 5. The monoisotopic (exact) mass is 215 g/mol. The quantitative estimate of drug-likeness (QED) is 0.306. The average molecular weight is 215 g/mol. The molecule has 0 aliphatic heterocycles. The topological polar surface area (TPSA) is 141 Å². The van der Waals surface area contributed by atoms with E-state index in [0.717, 1.165) is 0 Å². The minimum absolute atomic E-state index is 0.867. The average Bonchev–Trinajstić information content (AvgIpc) is 2.02. The van der Waals surface area contributed by atoms with Crippen LogP contribution in [0.25, 0.3) is 0 Å². The largest absolute Gasteiger partial charge is 0.395 e. The summed E-state index contributed by atoms with van der Waals surface area (Å²) in [6.07, 6.45) is 0. The number of nitrogens with two attached hydrogens (primary N) is 1. The molecule has 8 heteroatoms. The zero-order chi connectivity index (χ0) is 10.7. The van der Waals surface area contributed by atoms with Crippen LogP contribution in [0.5, 0.6) is 0 Å². The SMILES string of the molecule is NC(CO)(CO)C(CO)S(=O)(=O)O. The van der Waals surface area contributed by atoms with Crippen LogP contribution in [0.1, 0.15) is 0 Å². The Morgan fingerprint density at radius 2 is 1.62 bits per heavy atom. The molecule has 0 saturated carbocycles. The summed E-state index contributed by atoms with van der Waals surface area (Å²) < 4.78 is 29.8. The van der Waals surface area contributed by atoms with Crippen molar-refractivity contribution in [3.05, 3.63) is 0 Å². The van der Waals surface area contributed by atoms with E-state index in [2.05, 4.69) is 0 Å². The summed E-state index contributed by atoms with van der Waals surface area (Å²) in [6.45, 7) is -2.71. The first-order valence-electron chi connectivity index (χ1n) is 3.39. The summed E-state index contributed by atoms with van der Waals surface area (Å²) in [5, 5.41) is 24.2. The van der Waals surface area contributed by atoms with E-state index in [0.29, 0.717) is 0 Å². The van der Waals surface area contributed by atoms with Crippen LogP contribution in [0.4, 0.5) is 0 Å². The van der Waals surface area contributed by atoms with Gasteiger partial charge in [-0.2, -0.15) is 8.42 Å². The molecule has 0 radical (unpaired) electrons. The fourth-order valence-corrected chi connectivity index (χ4v) is 1.76. The maximum absolute atomic E-state index is 10.6. The molecule has 0 heterocycles. The summed E-state index contributed by atoms with van der Waals surface area (Å²) in [6, 6.07) is 0. The third kappa shape index (κ3) is 2.86. The van der Waals surface area contributed by atoms with Gasteiger partial charge in [0.05, 0.1) is 25.4 Å². The molecule has 0 rings (SSSR count). The molecule has 1 atom stereocenters. The summed E-state index contributed by atoms with van der Waals surface area (Å²) in [7, 11) is -4.59. The molecule has 0 fully saturated rings. The van der Waals surface area contributed by atoms with Crippen molar-refractivity contribution in [2.24, 2.45) is 5.73 Å². The van der Waals surface area contributed by atoms with Gasteiger partial charge < -0.3 is 21.1 Å². The van der Waals surface area contributed by atoms with Gasteiger partial charge in [-0.15, -0.1) is 0 Å². The molecule has 0 aromatic heterocycles. The Labute approximate surface area is 75.6 Å². The molecule has 6 N–H and O–H groups in total. The van der Waals surface area contributed by atoms with Gasteiger partial charge in [0.25, 0.3) is 10.1 Å². The molecule has 80 valence electrons. The number of aliphatic hydroxyl groups excluding tert-OH is 3. The van der Waals surface area contributed by atoms with E-state index in [-0.39, 0.29) is 0 Å². The molecular formula is C5H13NO6S. The van der Waals surface area contributed by atoms with Crippen molar-refractivity contribution in [3.8, 4) is 0 Å². The van der Waals surface area contributed by atoms with E-state index < -0.39 is 40.7 Å². The molecule has 0 bridgehead atoms. The Morgan fingerprint density at radius 1 is 1.23 bits per heavy atom.